The van der Waals surface area contributed by atoms with Gasteiger partial charge in [0.1, 0.15) is 0 Å². The summed E-state index contributed by atoms with van der Waals surface area (Å²) in [6, 6.07) is 11.3. The molecule has 14 heavy (non-hydrogen) atoms. The zero-order valence-corrected chi connectivity index (χ0v) is 9.42. The Balaban J connectivity index is 1.92. The highest BCUT2D eigenvalue weighted by molar-refractivity contribution is 7.67. The standard InChI is InChI=1S/C13H17P/c1-2-5-11(6-3-1)14-12-7-4-8-13(14)10-9-12/h1-3,5-6,12-13H,4,7-10H2. The van der Waals surface area contributed by atoms with Gasteiger partial charge in [0, 0.05) is 0 Å². The molecule has 0 radical (unpaired) electrons. The molecule has 0 N–H and O–H groups in total. The molecule has 1 aromatic carbocycles. The Kier molecular flexibility index (Phi) is 2.33. The lowest BCUT2D eigenvalue weighted by Gasteiger charge is -2.30. The van der Waals surface area contributed by atoms with Gasteiger partial charge in [-0.3, -0.25) is 0 Å². The molecule has 0 aromatic heterocycles. The van der Waals surface area contributed by atoms with Gasteiger partial charge in [-0.1, -0.05) is 44.7 Å². The van der Waals surface area contributed by atoms with Gasteiger partial charge in [0.2, 0.25) is 0 Å². The number of fused-ring (bicyclic) bond motifs is 2. The van der Waals surface area contributed by atoms with Crippen LogP contribution in [0.2, 0.25) is 0 Å². The quantitative estimate of drug-likeness (QED) is 0.614. The number of hydrogen-bond donors (Lipinski definition) is 0. The van der Waals surface area contributed by atoms with Crippen LogP contribution >= 0.6 is 7.92 Å². The molecule has 0 spiro atoms. The molecule has 2 unspecified atom stereocenters. The lowest BCUT2D eigenvalue weighted by molar-refractivity contribution is 0.676. The van der Waals surface area contributed by atoms with Gasteiger partial charge in [-0.15, -0.1) is 0 Å². The number of hydrogen-bond acceptors (Lipinski definition) is 0. The van der Waals surface area contributed by atoms with E-state index in [1.807, 2.05) is 0 Å². The van der Waals surface area contributed by atoms with Gasteiger partial charge >= 0.3 is 0 Å². The maximum Gasteiger partial charge on any atom is -0.0166 e. The molecule has 0 aliphatic carbocycles. The number of rotatable bonds is 1. The normalized spacial score (nSPS) is 35.9. The van der Waals surface area contributed by atoms with Crippen LogP contribution in [0.4, 0.5) is 0 Å². The van der Waals surface area contributed by atoms with Gasteiger partial charge in [0.15, 0.2) is 0 Å². The fourth-order valence-electron chi connectivity index (χ4n) is 3.14. The SMILES string of the molecule is c1ccc(P2C3CCCC2CC3)cc1. The zero-order valence-electron chi connectivity index (χ0n) is 8.52. The monoisotopic (exact) mass is 204 g/mol. The summed E-state index contributed by atoms with van der Waals surface area (Å²) in [7, 11) is 0.222. The van der Waals surface area contributed by atoms with Gasteiger partial charge in [-0.2, -0.15) is 0 Å². The Bertz CT molecular complexity index is 290. The van der Waals surface area contributed by atoms with Crippen molar-refractivity contribution in [3.63, 3.8) is 0 Å². The minimum Gasteiger partial charge on any atom is -0.0690 e. The van der Waals surface area contributed by atoms with E-state index in [0.717, 1.165) is 11.3 Å². The minimum atomic E-state index is 0.222. The summed E-state index contributed by atoms with van der Waals surface area (Å²) < 4.78 is 0. The second-order valence-electron chi connectivity index (χ2n) is 4.56. The molecule has 0 nitrogen and oxygen atoms in total. The predicted octanol–water partition coefficient (Wildman–Crippen LogP) is 3.51. The molecule has 2 aliphatic rings. The molecule has 74 valence electrons. The molecule has 1 heteroatoms. The van der Waals surface area contributed by atoms with Crippen molar-refractivity contribution in [1.29, 1.82) is 0 Å². The van der Waals surface area contributed by atoms with E-state index in [2.05, 4.69) is 30.3 Å². The third kappa shape index (κ3) is 1.41. The average molecular weight is 204 g/mol. The Morgan fingerprint density at radius 1 is 0.857 bits per heavy atom. The smallest absolute Gasteiger partial charge is 0.0166 e. The fraction of sp³-hybridized carbons (Fsp3) is 0.538. The Morgan fingerprint density at radius 2 is 1.50 bits per heavy atom. The maximum absolute atomic E-state index is 2.36. The van der Waals surface area contributed by atoms with Crippen molar-refractivity contribution in [3.05, 3.63) is 30.3 Å². The summed E-state index contributed by atoms with van der Waals surface area (Å²) in [5, 5.41) is 1.68. The van der Waals surface area contributed by atoms with Crippen LogP contribution < -0.4 is 5.30 Å². The summed E-state index contributed by atoms with van der Waals surface area (Å²) in [5.41, 5.74) is 2.15. The highest BCUT2D eigenvalue weighted by Gasteiger charge is 2.38. The lowest BCUT2D eigenvalue weighted by atomic mass is 10.2. The largest absolute Gasteiger partial charge is 0.0690 e. The molecule has 2 heterocycles. The van der Waals surface area contributed by atoms with E-state index in [1.54, 1.807) is 5.30 Å². The molecule has 0 saturated carbocycles. The van der Waals surface area contributed by atoms with E-state index in [9.17, 15) is 0 Å². The summed E-state index contributed by atoms with van der Waals surface area (Å²) in [6.45, 7) is 0. The molecule has 2 saturated heterocycles. The van der Waals surface area contributed by atoms with E-state index in [4.69, 9.17) is 0 Å². The van der Waals surface area contributed by atoms with Gasteiger partial charge in [-0.25, -0.2) is 0 Å². The first-order valence-corrected chi connectivity index (χ1v) is 7.26. The second kappa shape index (κ2) is 3.66. The van der Waals surface area contributed by atoms with Crippen molar-refractivity contribution in [2.45, 2.75) is 43.4 Å². The van der Waals surface area contributed by atoms with E-state index in [1.165, 1.54) is 32.1 Å². The lowest BCUT2D eigenvalue weighted by Crippen LogP contribution is -2.18. The van der Waals surface area contributed by atoms with E-state index < -0.39 is 0 Å². The van der Waals surface area contributed by atoms with Crippen LogP contribution in [0, 0.1) is 0 Å². The minimum absolute atomic E-state index is 0.222. The molecule has 3 rings (SSSR count). The molecule has 2 atom stereocenters. The van der Waals surface area contributed by atoms with Crippen molar-refractivity contribution in [2.75, 3.05) is 0 Å². The predicted molar refractivity (Wildman–Crippen MR) is 63.7 cm³/mol. The van der Waals surface area contributed by atoms with Crippen molar-refractivity contribution in [3.8, 4) is 0 Å². The third-order valence-corrected chi connectivity index (χ3v) is 7.25. The van der Waals surface area contributed by atoms with E-state index in [-0.39, 0.29) is 7.92 Å². The van der Waals surface area contributed by atoms with Crippen LogP contribution in [0.5, 0.6) is 0 Å². The van der Waals surface area contributed by atoms with Crippen LogP contribution in [0.1, 0.15) is 32.1 Å². The first-order valence-electron chi connectivity index (χ1n) is 5.78. The number of benzene rings is 1. The maximum atomic E-state index is 2.36. The molecule has 2 fully saturated rings. The topological polar surface area (TPSA) is 0 Å². The van der Waals surface area contributed by atoms with E-state index >= 15 is 0 Å². The third-order valence-electron chi connectivity index (χ3n) is 3.75. The van der Waals surface area contributed by atoms with Gasteiger partial charge < -0.3 is 0 Å². The molecule has 0 amide bonds. The van der Waals surface area contributed by atoms with Crippen LogP contribution in [-0.4, -0.2) is 11.3 Å². The van der Waals surface area contributed by atoms with Crippen molar-refractivity contribution in [2.24, 2.45) is 0 Å². The summed E-state index contributed by atoms with van der Waals surface area (Å²) in [6.07, 6.45) is 7.56. The van der Waals surface area contributed by atoms with Gasteiger partial charge in [-0.05, 0) is 42.3 Å². The van der Waals surface area contributed by atoms with E-state index in [0.29, 0.717) is 0 Å². The van der Waals surface area contributed by atoms with Gasteiger partial charge in [0.25, 0.3) is 0 Å². The summed E-state index contributed by atoms with van der Waals surface area (Å²) in [5.74, 6) is 0. The first-order chi connectivity index (χ1) is 6.95. The van der Waals surface area contributed by atoms with Crippen LogP contribution in [0.25, 0.3) is 0 Å². The Hall–Kier alpha value is -0.350. The van der Waals surface area contributed by atoms with Crippen molar-refractivity contribution >= 4 is 13.2 Å². The molecular weight excluding hydrogens is 187 g/mol. The average Bonchev–Trinajstić information content (AvgIpc) is 2.50. The molecule has 1 aromatic rings. The zero-order chi connectivity index (χ0) is 9.38. The Morgan fingerprint density at radius 3 is 2.14 bits per heavy atom. The molecular formula is C13H17P. The highest BCUT2D eigenvalue weighted by Crippen LogP contribution is 2.60. The second-order valence-corrected chi connectivity index (χ2v) is 7.35. The molecule has 2 bridgehead atoms. The summed E-state index contributed by atoms with van der Waals surface area (Å²) in [4.78, 5) is 0. The van der Waals surface area contributed by atoms with Crippen LogP contribution in [0.15, 0.2) is 30.3 Å². The Labute approximate surface area is 87.5 Å². The summed E-state index contributed by atoms with van der Waals surface area (Å²) >= 11 is 0. The van der Waals surface area contributed by atoms with Crippen molar-refractivity contribution in [1.82, 2.24) is 0 Å². The van der Waals surface area contributed by atoms with Crippen LogP contribution in [0.3, 0.4) is 0 Å². The fourth-order valence-corrected chi connectivity index (χ4v) is 6.87. The van der Waals surface area contributed by atoms with Crippen molar-refractivity contribution < 1.29 is 0 Å². The first kappa shape index (κ1) is 8.92. The molecule has 2 aliphatic heterocycles. The van der Waals surface area contributed by atoms with Crippen LogP contribution in [-0.2, 0) is 0 Å². The van der Waals surface area contributed by atoms with Gasteiger partial charge in [0.05, 0.1) is 0 Å². The highest BCUT2D eigenvalue weighted by atomic mass is 31.1.